The van der Waals surface area contributed by atoms with Gasteiger partial charge in [0, 0.05) is 25.6 Å². The van der Waals surface area contributed by atoms with Crippen LogP contribution in [0, 0.1) is 0 Å². The highest BCUT2D eigenvalue weighted by Crippen LogP contribution is 2.27. The summed E-state index contributed by atoms with van der Waals surface area (Å²) in [6.45, 7) is 0.846. The Hall–Kier alpha value is -1.81. The number of ether oxygens (including phenoxy) is 1. The minimum atomic E-state index is -3.54. The third kappa shape index (κ3) is 5.63. The summed E-state index contributed by atoms with van der Waals surface area (Å²) in [5.74, 6) is 1.23. The minimum absolute atomic E-state index is 0.000338. The highest BCUT2D eigenvalue weighted by atomic mass is 32.2. The zero-order valence-electron chi connectivity index (χ0n) is 16.2. The van der Waals surface area contributed by atoms with Gasteiger partial charge in [-0.15, -0.1) is 0 Å². The van der Waals surface area contributed by atoms with Crippen LogP contribution < -0.4 is 0 Å². The highest BCUT2D eigenvalue weighted by Gasteiger charge is 2.18. The standard InChI is InChI=1S/C20H22N2O4S3/c1-22(2)29(24,25)17-8-5-6-15(12-17)13-26-19(23)18-9-4-3-7-16(18)14-28-20-21-10-11-27-20/h3-9,12H,10-11,13-14H2,1-2H3. The number of hydrogen-bond acceptors (Lipinski definition) is 7. The Morgan fingerprint density at radius 2 is 2.00 bits per heavy atom. The van der Waals surface area contributed by atoms with Crippen LogP contribution in [-0.2, 0) is 27.1 Å². The number of esters is 1. The van der Waals surface area contributed by atoms with Crippen molar-refractivity contribution >= 4 is 43.9 Å². The molecule has 0 N–H and O–H groups in total. The van der Waals surface area contributed by atoms with Crippen LogP contribution in [-0.4, -0.2) is 49.5 Å². The van der Waals surface area contributed by atoms with Crippen molar-refractivity contribution < 1.29 is 17.9 Å². The van der Waals surface area contributed by atoms with Crippen molar-refractivity contribution in [1.82, 2.24) is 4.31 Å². The number of benzene rings is 2. The summed E-state index contributed by atoms with van der Waals surface area (Å²) in [7, 11) is -0.578. The van der Waals surface area contributed by atoms with E-state index < -0.39 is 16.0 Å². The summed E-state index contributed by atoms with van der Waals surface area (Å²) in [5.41, 5.74) is 2.02. The van der Waals surface area contributed by atoms with Gasteiger partial charge in [-0.3, -0.25) is 4.99 Å². The predicted molar refractivity (Wildman–Crippen MR) is 119 cm³/mol. The van der Waals surface area contributed by atoms with E-state index in [1.165, 1.54) is 26.2 Å². The molecule has 0 amide bonds. The molecule has 6 nitrogen and oxygen atoms in total. The van der Waals surface area contributed by atoms with Crippen molar-refractivity contribution in [3.8, 4) is 0 Å². The number of thioether (sulfide) groups is 2. The van der Waals surface area contributed by atoms with Crippen LogP contribution in [0.1, 0.15) is 21.5 Å². The molecule has 2 aromatic rings. The molecular weight excluding hydrogens is 428 g/mol. The molecule has 0 bridgehead atoms. The van der Waals surface area contributed by atoms with Crippen LogP contribution in [0.25, 0.3) is 0 Å². The van der Waals surface area contributed by atoms with Gasteiger partial charge in [-0.05, 0) is 29.3 Å². The molecule has 0 radical (unpaired) electrons. The Bertz CT molecular complexity index is 1020. The average Bonchev–Trinajstić information content (AvgIpc) is 3.24. The van der Waals surface area contributed by atoms with Crippen LogP contribution >= 0.6 is 23.5 Å². The first-order valence-corrected chi connectivity index (χ1v) is 12.4. The first kappa shape index (κ1) is 21.9. The third-order valence-electron chi connectivity index (χ3n) is 4.19. The summed E-state index contributed by atoms with van der Waals surface area (Å²) in [5, 5.41) is 0. The van der Waals surface area contributed by atoms with Crippen molar-refractivity contribution in [2.75, 3.05) is 26.4 Å². The number of aliphatic imine (C=N–C) groups is 1. The van der Waals surface area contributed by atoms with Gasteiger partial charge in [0.25, 0.3) is 0 Å². The van der Waals surface area contributed by atoms with E-state index in [0.29, 0.717) is 16.9 Å². The Kier molecular flexibility index (Phi) is 7.39. The number of rotatable bonds is 7. The molecule has 0 atom stereocenters. The van der Waals surface area contributed by atoms with Gasteiger partial charge in [0.15, 0.2) is 0 Å². The summed E-state index contributed by atoms with van der Waals surface area (Å²) in [4.78, 5) is 17.2. The van der Waals surface area contributed by atoms with Gasteiger partial charge in [-0.2, -0.15) is 0 Å². The lowest BCUT2D eigenvalue weighted by Gasteiger charge is -2.13. The maximum absolute atomic E-state index is 12.6. The number of carbonyl (C=O) groups is 1. The molecule has 2 aromatic carbocycles. The largest absolute Gasteiger partial charge is 0.457 e. The van der Waals surface area contributed by atoms with Crippen LogP contribution in [0.2, 0.25) is 0 Å². The molecule has 9 heteroatoms. The van der Waals surface area contributed by atoms with E-state index in [0.717, 1.165) is 26.5 Å². The SMILES string of the molecule is CN(C)S(=O)(=O)c1cccc(COC(=O)c2ccccc2CSC2=NCCS2)c1. The lowest BCUT2D eigenvalue weighted by Crippen LogP contribution is -2.22. The van der Waals surface area contributed by atoms with E-state index in [4.69, 9.17) is 4.74 Å². The van der Waals surface area contributed by atoms with Crippen molar-refractivity contribution in [3.63, 3.8) is 0 Å². The normalized spacial score (nSPS) is 14.1. The fourth-order valence-corrected chi connectivity index (χ4v) is 5.61. The molecule has 0 unspecified atom stereocenters. The molecule has 29 heavy (non-hydrogen) atoms. The molecule has 0 aliphatic carbocycles. The van der Waals surface area contributed by atoms with E-state index in [1.807, 2.05) is 12.1 Å². The van der Waals surface area contributed by atoms with E-state index in [9.17, 15) is 13.2 Å². The maximum atomic E-state index is 12.6. The van der Waals surface area contributed by atoms with Gasteiger partial charge in [0.1, 0.15) is 11.0 Å². The topological polar surface area (TPSA) is 76.0 Å². The first-order valence-electron chi connectivity index (χ1n) is 8.94. The predicted octanol–water partition coefficient (Wildman–Crippen LogP) is 3.63. The fraction of sp³-hybridized carbons (Fsp3) is 0.300. The zero-order chi connectivity index (χ0) is 20.9. The fourth-order valence-electron chi connectivity index (χ4n) is 2.62. The van der Waals surface area contributed by atoms with E-state index in [-0.39, 0.29) is 11.5 Å². The second-order valence-electron chi connectivity index (χ2n) is 6.45. The van der Waals surface area contributed by atoms with Gasteiger partial charge in [-0.25, -0.2) is 17.5 Å². The van der Waals surface area contributed by atoms with Crippen LogP contribution in [0.15, 0.2) is 58.4 Å². The van der Waals surface area contributed by atoms with Gasteiger partial charge < -0.3 is 4.74 Å². The lowest BCUT2D eigenvalue weighted by molar-refractivity contribution is 0.0471. The minimum Gasteiger partial charge on any atom is -0.457 e. The number of hydrogen-bond donors (Lipinski definition) is 0. The van der Waals surface area contributed by atoms with Crippen molar-refractivity contribution in [2.24, 2.45) is 4.99 Å². The van der Waals surface area contributed by atoms with E-state index >= 15 is 0 Å². The first-order chi connectivity index (χ1) is 13.9. The molecule has 1 heterocycles. The molecule has 0 aromatic heterocycles. The van der Waals surface area contributed by atoms with Gasteiger partial charge >= 0.3 is 5.97 Å². The summed E-state index contributed by atoms with van der Waals surface area (Å²) in [6, 6.07) is 13.8. The van der Waals surface area contributed by atoms with Gasteiger partial charge in [0.05, 0.1) is 17.0 Å². The second kappa shape index (κ2) is 9.80. The quantitative estimate of drug-likeness (QED) is 0.600. The van der Waals surface area contributed by atoms with Crippen molar-refractivity contribution in [1.29, 1.82) is 0 Å². The van der Waals surface area contributed by atoms with Crippen LogP contribution in [0.5, 0.6) is 0 Å². The molecule has 0 fully saturated rings. The molecule has 0 saturated heterocycles. The molecule has 0 spiro atoms. The average molecular weight is 451 g/mol. The summed E-state index contributed by atoms with van der Waals surface area (Å²) < 4.78 is 32.2. The van der Waals surface area contributed by atoms with E-state index in [1.54, 1.807) is 47.8 Å². The summed E-state index contributed by atoms with van der Waals surface area (Å²) >= 11 is 3.36. The molecule has 0 saturated carbocycles. The Balaban J connectivity index is 1.67. The number of carbonyl (C=O) groups excluding carboxylic acids is 1. The maximum Gasteiger partial charge on any atom is 0.338 e. The number of sulfonamides is 1. The van der Waals surface area contributed by atoms with Crippen LogP contribution in [0.4, 0.5) is 0 Å². The second-order valence-corrected chi connectivity index (χ2v) is 10.9. The Morgan fingerprint density at radius 1 is 1.21 bits per heavy atom. The third-order valence-corrected chi connectivity index (χ3v) is 8.31. The molecular formula is C20H22N2O4S3. The molecule has 3 rings (SSSR count). The molecule has 154 valence electrons. The highest BCUT2D eigenvalue weighted by molar-refractivity contribution is 8.38. The Labute approximate surface area is 179 Å². The zero-order valence-corrected chi connectivity index (χ0v) is 18.6. The molecule has 1 aliphatic heterocycles. The Morgan fingerprint density at radius 3 is 2.72 bits per heavy atom. The van der Waals surface area contributed by atoms with Gasteiger partial charge in [-0.1, -0.05) is 53.9 Å². The van der Waals surface area contributed by atoms with Gasteiger partial charge in [0.2, 0.25) is 10.0 Å². The number of nitrogens with zero attached hydrogens (tertiary/aromatic N) is 2. The molecule has 1 aliphatic rings. The summed E-state index contributed by atoms with van der Waals surface area (Å²) in [6.07, 6.45) is 0. The van der Waals surface area contributed by atoms with Crippen LogP contribution in [0.3, 0.4) is 0 Å². The lowest BCUT2D eigenvalue weighted by atomic mass is 10.1. The smallest absolute Gasteiger partial charge is 0.338 e. The van der Waals surface area contributed by atoms with E-state index in [2.05, 4.69) is 4.99 Å². The van der Waals surface area contributed by atoms with Crippen molar-refractivity contribution in [2.45, 2.75) is 17.3 Å². The van der Waals surface area contributed by atoms with Crippen molar-refractivity contribution in [3.05, 3.63) is 65.2 Å². The monoisotopic (exact) mass is 450 g/mol.